The normalized spacial score (nSPS) is 14.2. The van der Waals surface area contributed by atoms with E-state index >= 15 is 0 Å². The summed E-state index contributed by atoms with van der Waals surface area (Å²) in [4.78, 5) is 4.87. The molecule has 0 saturated heterocycles. The van der Waals surface area contributed by atoms with Gasteiger partial charge in [0, 0.05) is 23.6 Å². The molecule has 0 amide bonds. The minimum Gasteiger partial charge on any atom is -0.491 e. The van der Waals surface area contributed by atoms with Crippen LogP contribution in [-0.2, 0) is 24.4 Å². The van der Waals surface area contributed by atoms with Crippen LogP contribution in [0.1, 0.15) is 61.2 Å². The van der Waals surface area contributed by atoms with Gasteiger partial charge in [-0.25, -0.2) is 0 Å². The lowest BCUT2D eigenvalue weighted by Gasteiger charge is -2.16. The molecule has 2 aromatic rings. The Labute approximate surface area is 163 Å². The number of fused-ring (bicyclic) bond motifs is 1. The molecule has 1 aliphatic heterocycles. The maximum Gasteiger partial charge on any atom is 0.146 e. The van der Waals surface area contributed by atoms with Gasteiger partial charge >= 0.3 is 0 Å². The summed E-state index contributed by atoms with van der Waals surface area (Å²) in [7, 11) is 0. The van der Waals surface area contributed by atoms with Crippen molar-refractivity contribution in [1.29, 1.82) is 0 Å². The maximum absolute atomic E-state index is 6.15. The van der Waals surface area contributed by atoms with E-state index < -0.39 is 0 Å². The summed E-state index contributed by atoms with van der Waals surface area (Å²) in [6.45, 7) is 9.53. The van der Waals surface area contributed by atoms with Crippen molar-refractivity contribution in [3.05, 3.63) is 58.4 Å². The van der Waals surface area contributed by atoms with Crippen molar-refractivity contribution >= 4 is 0 Å². The third-order valence-electron chi connectivity index (χ3n) is 5.25. The second-order valence-electron chi connectivity index (χ2n) is 7.40. The van der Waals surface area contributed by atoms with E-state index in [1.54, 1.807) is 0 Å². The number of nitrogens with zero attached hydrogens (tertiary/aromatic N) is 1. The molecule has 0 bridgehead atoms. The lowest BCUT2D eigenvalue weighted by atomic mass is 10.0. The molecule has 3 rings (SSSR count). The predicted octanol–water partition coefficient (Wildman–Crippen LogP) is 4.56. The molecule has 1 aliphatic rings. The van der Waals surface area contributed by atoms with Crippen molar-refractivity contribution in [1.82, 2.24) is 10.3 Å². The smallest absolute Gasteiger partial charge is 0.146 e. The molecule has 4 nitrogen and oxygen atoms in total. The van der Waals surface area contributed by atoms with Crippen molar-refractivity contribution in [2.45, 2.75) is 65.7 Å². The minimum absolute atomic E-state index is 0.593. The van der Waals surface area contributed by atoms with E-state index in [-0.39, 0.29) is 0 Å². The monoisotopic (exact) mass is 368 g/mol. The number of unbranched alkanes of at least 4 members (excludes halogenated alkanes) is 1. The Hall–Kier alpha value is -1.91. The molecule has 1 N–H and O–H groups in total. The molecular formula is C23H32N2O2. The largest absolute Gasteiger partial charge is 0.491 e. The molecule has 0 spiro atoms. The lowest BCUT2D eigenvalue weighted by molar-refractivity contribution is 0.132. The van der Waals surface area contributed by atoms with Gasteiger partial charge < -0.3 is 14.8 Å². The van der Waals surface area contributed by atoms with Gasteiger partial charge in [-0.05, 0) is 45.2 Å². The summed E-state index contributed by atoms with van der Waals surface area (Å²) in [5.74, 6) is 0.939. The van der Waals surface area contributed by atoms with Crippen LogP contribution < -0.4 is 10.1 Å². The van der Waals surface area contributed by atoms with Gasteiger partial charge in [0.2, 0.25) is 0 Å². The molecule has 0 saturated carbocycles. The molecular weight excluding hydrogens is 336 g/mol. The fraction of sp³-hybridized carbons (Fsp3) is 0.522. The SMILES string of the molecule is CCC(C)NCCCCOc1c(C)nc(Cc2ccccc2)c2c1COC2. The first-order chi connectivity index (χ1) is 13.2. The molecule has 146 valence electrons. The van der Waals surface area contributed by atoms with E-state index in [4.69, 9.17) is 14.5 Å². The number of rotatable bonds is 10. The van der Waals surface area contributed by atoms with E-state index in [0.29, 0.717) is 19.3 Å². The molecule has 1 atom stereocenters. The standard InChI is InChI=1S/C23H32N2O2/c1-4-17(2)24-12-8-9-13-27-23-18(3)25-22(20-15-26-16-21(20)23)14-19-10-6-5-7-11-19/h5-7,10-11,17,24H,4,8-9,12-16H2,1-3H3. The Morgan fingerprint density at radius 2 is 1.93 bits per heavy atom. The first kappa shape index (κ1) is 19.8. The first-order valence-electron chi connectivity index (χ1n) is 10.2. The third kappa shape index (κ3) is 5.30. The number of ether oxygens (including phenoxy) is 2. The quantitative estimate of drug-likeness (QED) is 0.625. The van der Waals surface area contributed by atoms with Crippen molar-refractivity contribution < 1.29 is 9.47 Å². The molecule has 2 heterocycles. The van der Waals surface area contributed by atoms with E-state index in [1.165, 1.54) is 23.1 Å². The highest BCUT2D eigenvalue weighted by Crippen LogP contribution is 2.34. The number of nitrogens with one attached hydrogen (secondary N) is 1. The summed E-state index contributed by atoms with van der Waals surface area (Å²) in [5.41, 5.74) is 5.80. The van der Waals surface area contributed by atoms with E-state index in [1.807, 2.05) is 13.0 Å². The Balaban J connectivity index is 1.61. The number of hydrogen-bond donors (Lipinski definition) is 1. The molecule has 4 heteroatoms. The fourth-order valence-electron chi connectivity index (χ4n) is 3.45. The molecule has 0 aliphatic carbocycles. The zero-order valence-electron chi connectivity index (χ0n) is 16.9. The second-order valence-corrected chi connectivity index (χ2v) is 7.40. The zero-order valence-corrected chi connectivity index (χ0v) is 16.9. The summed E-state index contributed by atoms with van der Waals surface area (Å²) in [6, 6.07) is 11.1. The van der Waals surface area contributed by atoms with Crippen molar-refractivity contribution in [3.8, 4) is 5.75 Å². The third-order valence-corrected chi connectivity index (χ3v) is 5.25. The van der Waals surface area contributed by atoms with Crippen molar-refractivity contribution in [2.24, 2.45) is 0 Å². The Bertz CT molecular complexity index is 731. The molecule has 0 fully saturated rings. The fourth-order valence-corrected chi connectivity index (χ4v) is 3.45. The highest BCUT2D eigenvalue weighted by Gasteiger charge is 2.23. The van der Waals surface area contributed by atoms with Crippen LogP contribution in [0.5, 0.6) is 5.75 Å². The Morgan fingerprint density at radius 3 is 2.70 bits per heavy atom. The van der Waals surface area contributed by atoms with Gasteiger partial charge in [-0.15, -0.1) is 0 Å². The topological polar surface area (TPSA) is 43.4 Å². The van der Waals surface area contributed by atoms with Gasteiger partial charge in [-0.1, -0.05) is 37.3 Å². The number of pyridine rings is 1. The van der Waals surface area contributed by atoms with Crippen molar-refractivity contribution in [2.75, 3.05) is 13.2 Å². The van der Waals surface area contributed by atoms with Crippen LogP contribution in [-0.4, -0.2) is 24.2 Å². The van der Waals surface area contributed by atoms with E-state index in [2.05, 4.69) is 43.4 Å². The highest BCUT2D eigenvalue weighted by atomic mass is 16.5. The number of hydrogen-bond acceptors (Lipinski definition) is 4. The summed E-state index contributed by atoms with van der Waals surface area (Å²) >= 11 is 0. The molecule has 27 heavy (non-hydrogen) atoms. The van der Waals surface area contributed by atoms with Crippen molar-refractivity contribution in [3.63, 3.8) is 0 Å². The molecule has 1 aromatic heterocycles. The van der Waals surface area contributed by atoms with Crippen LogP contribution in [0.15, 0.2) is 30.3 Å². The molecule has 1 aromatic carbocycles. The van der Waals surface area contributed by atoms with Crippen LogP contribution in [0.25, 0.3) is 0 Å². The Kier molecular flexibility index (Phi) is 7.25. The molecule has 0 radical (unpaired) electrons. The van der Waals surface area contributed by atoms with Crippen LogP contribution in [0.2, 0.25) is 0 Å². The Morgan fingerprint density at radius 1 is 1.15 bits per heavy atom. The van der Waals surface area contributed by atoms with Gasteiger partial charge in [0.25, 0.3) is 0 Å². The number of aryl methyl sites for hydroxylation is 1. The van der Waals surface area contributed by atoms with Gasteiger partial charge in [0.05, 0.1) is 31.2 Å². The number of aromatic nitrogens is 1. The number of benzene rings is 1. The van der Waals surface area contributed by atoms with Crippen LogP contribution in [0.3, 0.4) is 0 Å². The van der Waals surface area contributed by atoms with Gasteiger partial charge in [-0.3, -0.25) is 4.98 Å². The van der Waals surface area contributed by atoms with Gasteiger partial charge in [-0.2, -0.15) is 0 Å². The van der Waals surface area contributed by atoms with E-state index in [0.717, 1.165) is 49.6 Å². The van der Waals surface area contributed by atoms with E-state index in [9.17, 15) is 0 Å². The average molecular weight is 369 g/mol. The maximum atomic E-state index is 6.15. The van der Waals surface area contributed by atoms with Crippen LogP contribution in [0, 0.1) is 6.92 Å². The summed E-state index contributed by atoms with van der Waals surface area (Å²) < 4.78 is 11.9. The average Bonchev–Trinajstić information content (AvgIpc) is 3.17. The van der Waals surface area contributed by atoms with Crippen LogP contribution >= 0.6 is 0 Å². The first-order valence-corrected chi connectivity index (χ1v) is 10.2. The minimum atomic E-state index is 0.593. The molecule has 1 unspecified atom stereocenters. The summed E-state index contributed by atoms with van der Waals surface area (Å²) in [5, 5.41) is 3.53. The zero-order chi connectivity index (χ0) is 19.1. The predicted molar refractivity (Wildman–Crippen MR) is 109 cm³/mol. The van der Waals surface area contributed by atoms with Gasteiger partial charge in [0.1, 0.15) is 5.75 Å². The highest BCUT2D eigenvalue weighted by molar-refractivity contribution is 5.47. The lowest BCUT2D eigenvalue weighted by Crippen LogP contribution is -2.26. The summed E-state index contributed by atoms with van der Waals surface area (Å²) in [6.07, 6.45) is 4.18. The second kappa shape index (κ2) is 9.86. The van der Waals surface area contributed by atoms with Gasteiger partial charge in [0.15, 0.2) is 0 Å². The van der Waals surface area contributed by atoms with Crippen LogP contribution in [0.4, 0.5) is 0 Å².